The molecule has 0 spiro atoms. The van der Waals surface area contributed by atoms with E-state index in [1.807, 2.05) is 4.90 Å². The van der Waals surface area contributed by atoms with Crippen molar-refractivity contribution in [3.05, 3.63) is 28.2 Å². The number of likely N-dealkylation sites (tertiary alicyclic amines) is 1. The molecule has 160 valence electrons. The molecule has 29 heavy (non-hydrogen) atoms. The van der Waals surface area contributed by atoms with Gasteiger partial charge < -0.3 is 10.2 Å². The Bertz CT molecular complexity index is 864. The standard InChI is InChI=1S/C19H25Cl2N3O4S/c20-15-3-4-16(21)17(13-15)29(27,28)24-11-6-14(7-12-24)19(26)22-8-5-18(25)23-9-1-2-10-23/h3-4,13-14H,1-2,5-12H2,(H,22,26). The van der Waals surface area contributed by atoms with Crippen molar-refractivity contribution in [3.63, 3.8) is 0 Å². The van der Waals surface area contributed by atoms with Crippen molar-refractivity contribution in [1.29, 1.82) is 0 Å². The number of rotatable bonds is 6. The third kappa shape index (κ3) is 5.42. The summed E-state index contributed by atoms with van der Waals surface area (Å²) in [5.41, 5.74) is 0. The highest BCUT2D eigenvalue weighted by molar-refractivity contribution is 7.89. The molecular weight excluding hydrogens is 437 g/mol. The van der Waals surface area contributed by atoms with Gasteiger partial charge >= 0.3 is 0 Å². The van der Waals surface area contributed by atoms with E-state index in [2.05, 4.69) is 5.32 Å². The summed E-state index contributed by atoms with van der Waals surface area (Å²) in [7, 11) is -3.77. The van der Waals surface area contributed by atoms with Gasteiger partial charge in [0.1, 0.15) is 4.90 Å². The molecule has 2 aliphatic heterocycles. The monoisotopic (exact) mass is 461 g/mol. The second kappa shape index (κ2) is 9.64. The number of benzene rings is 1. The van der Waals surface area contributed by atoms with Crippen molar-refractivity contribution in [3.8, 4) is 0 Å². The number of hydrogen-bond donors (Lipinski definition) is 1. The summed E-state index contributed by atoms with van der Waals surface area (Å²) in [5.74, 6) is -0.322. The first-order valence-corrected chi connectivity index (χ1v) is 12.0. The zero-order valence-corrected chi connectivity index (χ0v) is 18.4. The fourth-order valence-corrected chi connectivity index (χ4v) is 5.94. The average Bonchev–Trinajstić information content (AvgIpc) is 3.24. The molecule has 7 nitrogen and oxygen atoms in total. The third-order valence-electron chi connectivity index (χ3n) is 5.43. The summed E-state index contributed by atoms with van der Waals surface area (Å²) < 4.78 is 27.0. The van der Waals surface area contributed by atoms with E-state index in [0.29, 0.717) is 30.8 Å². The van der Waals surface area contributed by atoms with Gasteiger partial charge in [-0.1, -0.05) is 23.2 Å². The van der Waals surface area contributed by atoms with Crippen LogP contribution < -0.4 is 5.32 Å². The Hall–Kier alpha value is -1.35. The Morgan fingerprint density at radius 3 is 2.38 bits per heavy atom. The fourth-order valence-electron chi connectivity index (χ4n) is 3.73. The predicted octanol–water partition coefficient (Wildman–Crippen LogP) is 2.52. The van der Waals surface area contributed by atoms with Gasteiger partial charge in [-0.3, -0.25) is 9.59 Å². The molecular formula is C19H25Cl2N3O4S. The topological polar surface area (TPSA) is 86.8 Å². The molecule has 2 fully saturated rings. The number of amides is 2. The van der Waals surface area contributed by atoms with Crippen LogP contribution in [0, 0.1) is 5.92 Å². The Labute approximate surface area is 181 Å². The number of carbonyl (C=O) groups is 2. The summed E-state index contributed by atoms with van der Waals surface area (Å²) in [5, 5.41) is 3.23. The van der Waals surface area contributed by atoms with Crippen LogP contribution in [0.15, 0.2) is 23.1 Å². The van der Waals surface area contributed by atoms with Gasteiger partial charge in [0.15, 0.2) is 0 Å². The van der Waals surface area contributed by atoms with E-state index in [1.165, 1.54) is 22.5 Å². The maximum atomic E-state index is 12.8. The number of piperidine rings is 1. The minimum absolute atomic E-state index is 0.0185. The lowest BCUT2D eigenvalue weighted by Crippen LogP contribution is -2.43. The van der Waals surface area contributed by atoms with Gasteiger partial charge in [-0.25, -0.2) is 8.42 Å². The molecule has 0 saturated carbocycles. The highest BCUT2D eigenvalue weighted by Gasteiger charge is 2.33. The number of sulfonamides is 1. The largest absolute Gasteiger partial charge is 0.355 e. The van der Waals surface area contributed by atoms with E-state index >= 15 is 0 Å². The minimum atomic E-state index is -3.77. The summed E-state index contributed by atoms with van der Waals surface area (Å²) >= 11 is 12.0. The van der Waals surface area contributed by atoms with Gasteiger partial charge in [0.05, 0.1) is 5.02 Å². The van der Waals surface area contributed by atoms with Crippen LogP contribution in [0.1, 0.15) is 32.1 Å². The zero-order chi connectivity index (χ0) is 21.0. The van der Waals surface area contributed by atoms with Gasteiger partial charge in [0.25, 0.3) is 0 Å². The van der Waals surface area contributed by atoms with Gasteiger partial charge in [0, 0.05) is 50.1 Å². The Balaban J connectivity index is 1.48. The zero-order valence-electron chi connectivity index (χ0n) is 16.1. The average molecular weight is 462 g/mol. The fraction of sp³-hybridized carbons (Fsp3) is 0.579. The van der Waals surface area contributed by atoms with E-state index in [1.54, 1.807) is 0 Å². The normalized spacial score (nSPS) is 18.8. The first kappa shape index (κ1) is 22.3. The van der Waals surface area contributed by atoms with E-state index in [4.69, 9.17) is 23.2 Å². The second-order valence-corrected chi connectivity index (χ2v) is 10.1. The molecule has 2 saturated heterocycles. The van der Waals surface area contributed by atoms with Crippen LogP contribution in [0.2, 0.25) is 10.0 Å². The molecule has 0 aromatic heterocycles. The Morgan fingerprint density at radius 1 is 1.07 bits per heavy atom. The van der Waals surface area contributed by atoms with E-state index in [0.717, 1.165) is 25.9 Å². The lowest BCUT2D eigenvalue weighted by molar-refractivity contribution is -0.130. The number of carbonyl (C=O) groups excluding carboxylic acids is 2. The van der Waals surface area contributed by atoms with Gasteiger partial charge in [0.2, 0.25) is 21.8 Å². The molecule has 0 radical (unpaired) electrons. The molecule has 10 heteroatoms. The van der Waals surface area contributed by atoms with Gasteiger partial charge in [-0.15, -0.1) is 0 Å². The molecule has 1 N–H and O–H groups in total. The molecule has 1 aromatic rings. The summed E-state index contributed by atoms with van der Waals surface area (Å²) in [6, 6.07) is 4.34. The van der Waals surface area contributed by atoms with Crippen molar-refractivity contribution >= 4 is 45.0 Å². The Morgan fingerprint density at radius 2 is 1.72 bits per heavy atom. The van der Waals surface area contributed by atoms with Crippen molar-refractivity contribution in [1.82, 2.24) is 14.5 Å². The van der Waals surface area contributed by atoms with E-state index < -0.39 is 10.0 Å². The molecule has 1 aromatic carbocycles. The van der Waals surface area contributed by atoms with Crippen LogP contribution in [0.5, 0.6) is 0 Å². The van der Waals surface area contributed by atoms with Crippen LogP contribution in [0.4, 0.5) is 0 Å². The highest BCUT2D eigenvalue weighted by Crippen LogP contribution is 2.30. The molecule has 2 amide bonds. The quantitative estimate of drug-likeness (QED) is 0.704. The number of hydrogen-bond acceptors (Lipinski definition) is 4. The summed E-state index contributed by atoms with van der Waals surface area (Å²) in [4.78, 5) is 26.2. The number of nitrogens with zero attached hydrogens (tertiary/aromatic N) is 2. The maximum Gasteiger partial charge on any atom is 0.244 e. The lowest BCUT2D eigenvalue weighted by Gasteiger charge is -2.30. The number of halogens is 2. The molecule has 2 aliphatic rings. The van der Waals surface area contributed by atoms with E-state index in [9.17, 15) is 18.0 Å². The molecule has 0 aliphatic carbocycles. The minimum Gasteiger partial charge on any atom is -0.355 e. The third-order valence-corrected chi connectivity index (χ3v) is 8.05. The van der Waals surface area contributed by atoms with Crippen molar-refractivity contribution in [2.75, 3.05) is 32.7 Å². The maximum absolute atomic E-state index is 12.8. The van der Waals surface area contributed by atoms with Crippen LogP contribution in [-0.2, 0) is 19.6 Å². The smallest absolute Gasteiger partial charge is 0.244 e. The molecule has 0 atom stereocenters. The van der Waals surface area contributed by atoms with Gasteiger partial charge in [-0.2, -0.15) is 4.31 Å². The van der Waals surface area contributed by atoms with Crippen LogP contribution in [0.25, 0.3) is 0 Å². The first-order chi connectivity index (χ1) is 13.8. The van der Waals surface area contributed by atoms with Crippen molar-refractivity contribution < 1.29 is 18.0 Å². The summed E-state index contributed by atoms with van der Waals surface area (Å²) in [6.45, 7) is 2.38. The highest BCUT2D eigenvalue weighted by atomic mass is 35.5. The predicted molar refractivity (Wildman–Crippen MR) is 111 cm³/mol. The second-order valence-electron chi connectivity index (χ2n) is 7.38. The molecule has 0 bridgehead atoms. The van der Waals surface area contributed by atoms with Crippen LogP contribution >= 0.6 is 23.2 Å². The van der Waals surface area contributed by atoms with Crippen LogP contribution in [-0.4, -0.2) is 62.2 Å². The molecule has 2 heterocycles. The molecule has 3 rings (SSSR count). The van der Waals surface area contributed by atoms with Crippen LogP contribution in [0.3, 0.4) is 0 Å². The summed E-state index contributed by atoms with van der Waals surface area (Å²) in [6.07, 6.45) is 3.22. The van der Waals surface area contributed by atoms with Crippen molar-refractivity contribution in [2.24, 2.45) is 5.92 Å². The molecule has 0 unspecified atom stereocenters. The van der Waals surface area contributed by atoms with Gasteiger partial charge in [-0.05, 0) is 43.9 Å². The lowest BCUT2D eigenvalue weighted by atomic mass is 9.97. The number of nitrogens with one attached hydrogen (secondary N) is 1. The van der Waals surface area contributed by atoms with E-state index in [-0.39, 0.29) is 40.7 Å². The SMILES string of the molecule is O=C(NCCC(=O)N1CCCC1)C1CCN(S(=O)(=O)c2cc(Cl)ccc2Cl)CC1. The Kier molecular flexibility index (Phi) is 7.42. The first-order valence-electron chi connectivity index (χ1n) is 9.80. The van der Waals surface area contributed by atoms with Crippen molar-refractivity contribution in [2.45, 2.75) is 37.0 Å².